The maximum atomic E-state index is 15.8. The molecule has 11 nitrogen and oxygen atoms in total. The zero-order chi connectivity index (χ0) is 36.8. The Morgan fingerprint density at radius 3 is 2.50 bits per heavy atom. The van der Waals surface area contributed by atoms with Gasteiger partial charge in [0.05, 0.1) is 35.7 Å². The minimum absolute atomic E-state index is 0.0472. The lowest BCUT2D eigenvalue weighted by Crippen LogP contribution is -2.52. The van der Waals surface area contributed by atoms with Crippen LogP contribution in [0.4, 0.5) is 29.1 Å². The number of nitrogens with one attached hydrogen (secondary N) is 1. The lowest BCUT2D eigenvalue weighted by atomic mass is 9.86. The van der Waals surface area contributed by atoms with E-state index in [0.717, 1.165) is 31.7 Å². The molecule has 1 saturated heterocycles. The third-order valence-corrected chi connectivity index (χ3v) is 10.7. The second-order valence-corrected chi connectivity index (χ2v) is 14.8. The predicted molar refractivity (Wildman–Crippen MR) is 189 cm³/mol. The summed E-state index contributed by atoms with van der Waals surface area (Å²) in [5.41, 5.74) is 1.72. The molecular weight excluding hydrogens is 680 g/mol. The molecule has 4 aromatic rings. The topological polar surface area (TPSA) is 124 Å². The normalized spacial score (nSPS) is 19.4. The molecule has 15 heteroatoms. The van der Waals surface area contributed by atoms with E-state index in [9.17, 15) is 18.0 Å². The highest BCUT2D eigenvalue weighted by Gasteiger charge is 2.40. The van der Waals surface area contributed by atoms with E-state index in [1.54, 1.807) is 19.4 Å². The smallest absolute Gasteiger partial charge is 0.418 e. The van der Waals surface area contributed by atoms with Crippen molar-refractivity contribution in [3.63, 3.8) is 0 Å². The molecule has 1 atom stereocenters. The molecule has 4 aromatic heterocycles. The van der Waals surface area contributed by atoms with Crippen LogP contribution in [0.1, 0.15) is 69.0 Å². The zero-order valence-corrected chi connectivity index (χ0v) is 29.6. The van der Waals surface area contributed by atoms with Gasteiger partial charge < -0.3 is 24.6 Å². The number of carboxylic acid groups (broad SMARTS) is 1. The number of alkyl halides is 3. The number of anilines is 2. The highest BCUT2D eigenvalue weighted by atomic mass is 19.4. The molecule has 0 bridgehead atoms. The first-order valence-corrected chi connectivity index (χ1v) is 17.9. The Morgan fingerprint density at radius 2 is 1.85 bits per heavy atom. The van der Waals surface area contributed by atoms with E-state index in [2.05, 4.69) is 24.8 Å². The Bertz CT molecular complexity index is 1940. The van der Waals surface area contributed by atoms with Crippen molar-refractivity contribution >= 4 is 28.6 Å². The number of carbonyl (C=O) groups is 1. The monoisotopic (exact) mass is 724 g/mol. The van der Waals surface area contributed by atoms with Crippen molar-refractivity contribution in [3.05, 3.63) is 47.7 Å². The van der Waals surface area contributed by atoms with Crippen LogP contribution >= 0.6 is 0 Å². The van der Waals surface area contributed by atoms with Gasteiger partial charge in [0, 0.05) is 87.8 Å². The third-order valence-electron chi connectivity index (χ3n) is 10.7. The van der Waals surface area contributed by atoms with Crippen LogP contribution in [0.5, 0.6) is 0 Å². The SMILES string of the molecule is COCC1(CN(C)c2cc(-c3cnc(C4CC4)c(C(F)(F)F)c3)nc3nc(-c4cnc(N5CCN(CCC(=O)O)C[C@H]5C)c(F)c4)[nH]c23)CCCC1. The number of pyridine rings is 3. The number of methoxy groups -OCH3 is 1. The molecule has 2 saturated carbocycles. The van der Waals surface area contributed by atoms with Crippen LogP contribution < -0.4 is 9.80 Å². The number of carboxylic acids is 1. The van der Waals surface area contributed by atoms with Crippen LogP contribution in [-0.4, -0.2) is 100 Å². The molecule has 0 spiro atoms. The first kappa shape index (κ1) is 36.0. The summed E-state index contributed by atoms with van der Waals surface area (Å²) in [6.07, 6.45) is 4.05. The second-order valence-electron chi connectivity index (χ2n) is 14.8. The minimum Gasteiger partial charge on any atom is -0.481 e. The van der Waals surface area contributed by atoms with Gasteiger partial charge in [-0.2, -0.15) is 13.2 Å². The number of rotatable bonds is 12. The minimum atomic E-state index is -4.56. The number of imidazole rings is 1. The Labute approximate surface area is 299 Å². The number of aliphatic carboxylic acids is 1. The Balaban J connectivity index is 1.24. The van der Waals surface area contributed by atoms with Crippen LogP contribution in [0.25, 0.3) is 33.8 Å². The molecule has 5 heterocycles. The number of nitrogens with zero attached hydrogens (tertiary/aromatic N) is 7. The maximum absolute atomic E-state index is 15.8. The van der Waals surface area contributed by atoms with Crippen LogP contribution in [0, 0.1) is 11.2 Å². The van der Waals surface area contributed by atoms with E-state index in [-0.39, 0.29) is 46.5 Å². The molecule has 0 radical (unpaired) electrons. The molecular formula is C37H44F4N8O3. The van der Waals surface area contributed by atoms with Crippen molar-refractivity contribution in [2.24, 2.45) is 5.41 Å². The molecule has 3 aliphatic rings. The van der Waals surface area contributed by atoms with Gasteiger partial charge in [-0.05, 0) is 50.8 Å². The second kappa shape index (κ2) is 14.2. The summed E-state index contributed by atoms with van der Waals surface area (Å²) in [4.78, 5) is 38.6. The summed E-state index contributed by atoms with van der Waals surface area (Å²) in [7, 11) is 3.64. The van der Waals surface area contributed by atoms with Crippen molar-refractivity contribution in [3.8, 4) is 22.6 Å². The number of H-pyrrole nitrogens is 1. The number of aromatic nitrogens is 5. The van der Waals surface area contributed by atoms with Crippen molar-refractivity contribution in [1.82, 2.24) is 29.8 Å². The quantitative estimate of drug-likeness (QED) is 0.152. The standard InChI is InChI=1S/C37H44F4N8O3/c1-22-19-48(11-8-30(50)51)12-13-49(22)35-27(38)15-25(18-43-35)33-45-32-29(47(2)20-36(21-52-3)9-4-5-10-36)16-28(44-34(32)46-33)24-14-26(37(39,40)41)31(42-17-24)23-6-7-23/h14-18,22-23H,4-13,19-21H2,1-3H3,(H,50,51)(H,44,45,46)/t22-/m1/s1. The summed E-state index contributed by atoms with van der Waals surface area (Å²) in [6.45, 7) is 5.28. The summed E-state index contributed by atoms with van der Waals surface area (Å²) in [5.74, 6) is -1.04. The number of hydrogen-bond acceptors (Lipinski definition) is 9. The van der Waals surface area contributed by atoms with Crippen LogP contribution in [-0.2, 0) is 15.7 Å². The van der Waals surface area contributed by atoms with Crippen molar-refractivity contribution in [2.75, 3.05) is 63.3 Å². The molecule has 0 amide bonds. The molecule has 2 aliphatic carbocycles. The summed E-state index contributed by atoms with van der Waals surface area (Å²) in [6, 6.07) is 4.19. The number of fused-ring (bicyclic) bond motifs is 1. The fraction of sp³-hybridized carbons (Fsp3) is 0.541. The van der Waals surface area contributed by atoms with E-state index in [4.69, 9.17) is 19.8 Å². The first-order chi connectivity index (χ1) is 24.8. The molecule has 2 N–H and O–H groups in total. The van der Waals surface area contributed by atoms with Crippen LogP contribution in [0.15, 0.2) is 30.6 Å². The van der Waals surface area contributed by atoms with Gasteiger partial charge in [-0.15, -0.1) is 0 Å². The number of halogens is 4. The van der Waals surface area contributed by atoms with E-state index < -0.39 is 23.5 Å². The van der Waals surface area contributed by atoms with Gasteiger partial charge in [0.2, 0.25) is 0 Å². The van der Waals surface area contributed by atoms with Crippen molar-refractivity contribution < 1.29 is 32.2 Å². The Morgan fingerprint density at radius 1 is 1.10 bits per heavy atom. The molecule has 1 aliphatic heterocycles. The van der Waals surface area contributed by atoms with Gasteiger partial charge in [0.1, 0.15) is 11.3 Å². The van der Waals surface area contributed by atoms with Gasteiger partial charge in [0.15, 0.2) is 17.3 Å². The van der Waals surface area contributed by atoms with Crippen molar-refractivity contribution in [1.29, 1.82) is 0 Å². The lowest BCUT2D eigenvalue weighted by Gasteiger charge is -2.40. The zero-order valence-electron chi connectivity index (χ0n) is 29.6. The molecule has 7 rings (SSSR count). The summed E-state index contributed by atoms with van der Waals surface area (Å²) < 4.78 is 64.2. The molecule has 0 unspecified atom stereocenters. The predicted octanol–water partition coefficient (Wildman–Crippen LogP) is 6.75. The van der Waals surface area contributed by atoms with E-state index in [0.29, 0.717) is 80.5 Å². The lowest BCUT2D eigenvalue weighted by molar-refractivity contribution is -0.139. The van der Waals surface area contributed by atoms with E-state index in [1.807, 2.05) is 18.9 Å². The largest absolute Gasteiger partial charge is 0.481 e. The van der Waals surface area contributed by atoms with E-state index in [1.165, 1.54) is 12.3 Å². The van der Waals surface area contributed by atoms with Gasteiger partial charge in [-0.3, -0.25) is 14.7 Å². The van der Waals surface area contributed by atoms with Gasteiger partial charge >= 0.3 is 12.1 Å². The van der Waals surface area contributed by atoms with Crippen LogP contribution in [0.2, 0.25) is 0 Å². The van der Waals surface area contributed by atoms with E-state index >= 15 is 4.39 Å². The number of hydrogen-bond donors (Lipinski definition) is 2. The number of ether oxygens (including phenoxy) is 1. The average molecular weight is 725 g/mol. The first-order valence-electron chi connectivity index (χ1n) is 17.9. The highest BCUT2D eigenvalue weighted by Crippen LogP contribution is 2.46. The fourth-order valence-electron chi connectivity index (χ4n) is 8.03. The van der Waals surface area contributed by atoms with Gasteiger partial charge in [-0.1, -0.05) is 12.8 Å². The third kappa shape index (κ3) is 7.43. The molecule has 52 heavy (non-hydrogen) atoms. The summed E-state index contributed by atoms with van der Waals surface area (Å²) in [5, 5.41) is 9.05. The summed E-state index contributed by atoms with van der Waals surface area (Å²) >= 11 is 0. The molecule has 3 fully saturated rings. The average Bonchev–Trinajstić information content (AvgIpc) is 3.70. The number of aromatic amines is 1. The van der Waals surface area contributed by atoms with Gasteiger partial charge in [0.25, 0.3) is 0 Å². The molecule has 278 valence electrons. The Kier molecular flexibility index (Phi) is 9.85. The van der Waals surface area contributed by atoms with Crippen LogP contribution in [0.3, 0.4) is 0 Å². The van der Waals surface area contributed by atoms with Crippen molar-refractivity contribution in [2.45, 2.75) is 70.0 Å². The molecule has 0 aromatic carbocycles. The fourth-order valence-corrected chi connectivity index (χ4v) is 8.03. The highest BCUT2D eigenvalue weighted by molar-refractivity contribution is 5.91. The van der Waals surface area contributed by atoms with Gasteiger partial charge in [-0.25, -0.2) is 19.3 Å². The maximum Gasteiger partial charge on any atom is 0.418 e. The number of piperazine rings is 1. The Hall–Kier alpha value is -4.37.